The number of nitrogens with zero attached hydrogens (tertiary/aromatic N) is 4. The summed E-state index contributed by atoms with van der Waals surface area (Å²) >= 11 is 0. The molecule has 1 fully saturated rings. The topological polar surface area (TPSA) is 123 Å². The van der Waals surface area contributed by atoms with Crippen LogP contribution in [0, 0.1) is 5.82 Å². The molecule has 5 rings (SSSR count). The third kappa shape index (κ3) is 4.60. The van der Waals surface area contributed by atoms with E-state index in [4.69, 9.17) is 9.47 Å². The number of anilines is 5. The molecule has 0 aliphatic carbocycles. The predicted octanol–water partition coefficient (Wildman–Crippen LogP) is 3.90. The maximum absolute atomic E-state index is 14.4. The van der Waals surface area contributed by atoms with Gasteiger partial charge in [0, 0.05) is 24.8 Å². The number of aromatic nitrogens is 4. The Morgan fingerprint density at radius 1 is 1.06 bits per heavy atom. The van der Waals surface area contributed by atoms with Crippen LogP contribution in [0.15, 0.2) is 36.7 Å². The van der Waals surface area contributed by atoms with Gasteiger partial charge in [-0.1, -0.05) is 0 Å². The second kappa shape index (κ2) is 8.82. The number of ether oxygens (including phenoxy) is 2. The van der Waals surface area contributed by atoms with Gasteiger partial charge in [-0.2, -0.15) is 4.98 Å². The molecule has 10 nitrogen and oxygen atoms in total. The fourth-order valence-electron chi connectivity index (χ4n) is 3.75. The van der Waals surface area contributed by atoms with Gasteiger partial charge in [0.1, 0.15) is 5.82 Å². The molecule has 0 saturated carbocycles. The Labute approximate surface area is 195 Å². The summed E-state index contributed by atoms with van der Waals surface area (Å²) in [7, 11) is 0. The molecule has 0 spiro atoms. The van der Waals surface area contributed by atoms with Gasteiger partial charge in [0.15, 0.2) is 28.8 Å². The van der Waals surface area contributed by atoms with Crippen LogP contribution in [0.4, 0.5) is 33.5 Å². The largest absolute Gasteiger partial charge is 0.474 e. The first-order chi connectivity index (χ1) is 16.4. The van der Waals surface area contributed by atoms with E-state index in [1.165, 1.54) is 0 Å². The first kappa shape index (κ1) is 22.0. The molecular weight excluding hydrogens is 441 g/mol. The first-order valence-corrected chi connectivity index (χ1v) is 11.0. The summed E-state index contributed by atoms with van der Waals surface area (Å²) in [6.45, 7) is 4.83. The molecule has 5 heterocycles. The zero-order valence-corrected chi connectivity index (χ0v) is 18.8. The SMILES string of the molecule is CC1(C)Oc2ccc(Nc3nc(Nc4ccc(C5CCOCC5)nc4)ncc3F)nc2NC1=O. The fraction of sp³-hybridized carbons (Fsp3) is 0.348. The molecule has 3 N–H and O–H groups in total. The highest BCUT2D eigenvalue weighted by atomic mass is 19.1. The Morgan fingerprint density at radius 3 is 2.65 bits per heavy atom. The molecule has 3 aromatic rings. The van der Waals surface area contributed by atoms with Crippen molar-refractivity contribution in [1.82, 2.24) is 19.9 Å². The Morgan fingerprint density at radius 2 is 1.88 bits per heavy atom. The van der Waals surface area contributed by atoms with Gasteiger partial charge < -0.3 is 25.4 Å². The Kier molecular flexibility index (Phi) is 5.70. The molecule has 0 atom stereocenters. The highest BCUT2D eigenvalue weighted by molar-refractivity contribution is 5.99. The second-order valence-electron chi connectivity index (χ2n) is 8.61. The van der Waals surface area contributed by atoms with Gasteiger partial charge in [0.25, 0.3) is 5.91 Å². The van der Waals surface area contributed by atoms with Crippen molar-refractivity contribution in [3.05, 3.63) is 48.2 Å². The van der Waals surface area contributed by atoms with Crippen LogP contribution in [0.1, 0.15) is 38.3 Å². The standard InChI is InChI=1S/C23H24FN7O3/c1-23(2)21(32)30-20-17(34-23)5-6-18(29-20)28-19-15(24)12-26-22(31-19)27-14-3-4-16(25-11-14)13-7-9-33-10-8-13/h3-6,11-13H,7-10H2,1-2H3,(H3,26,27,28,29,30,31,32). The molecule has 11 heteroatoms. The Bertz CT molecular complexity index is 1210. The normalized spacial score (nSPS) is 17.3. The lowest BCUT2D eigenvalue weighted by Gasteiger charge is -2.30. The van der Waals surface area contributed by atoms with E-state index in [2.05, 4.69) is 35.9 Å². The highest BCUT2D eigenvalue weighted by Gasteiger charge is 2.36. The van der Waals surface area contributed by atoms with Crippen molar-refractivity contribution in [2.24, 2.45) is 0 Å². The van der Waals surface area contributed by atoms with Crippen molar-refractivity contribution in [3.8, 4) is 5.75 Å². The van der Waals surface area contributed by atoms with Crippen LogP contribution in [-0.4, -0.2) is 44.7 Å². The summed E-state index contributed by atoms with van der Waals surface area (Å²) in [6, 6.07) is 7.12. The molecule has 3 aromatic heterocycles. The highest BCUT2D eigenvalue weighted by Crippen LogP contribution is 2.33. The lowest BCUT2D eigenvalue weighted by molar-refractivity contribution is -0.129. The van der Waals surface area contributed by atoms with Crippen LogP contribution in [0.3, 0.4) is 0 Å². The van der Waals surface area contributed by atoms with E-state index in [1.54, 1.807) is 32.2 Å². The Hall–Kier alpha value is -3.86. The quantitative estimate of drug-likeness (QED) is 0.515. The molecule has 0 unspecified atom stereocenters. The Balaban J connectivity index is 1.30. The third-order valence-electron chi connectivity index (χ3n) is 5.67. The lowest BCUT2D eigenvalue weighted by Crippen LogP contribution is -2.46. The number of nitrogens with one attached hydrogen (secondary N) is 3. The van der Waals surface area contributed by atoms with Gasteiger partial charge in [-0.25, -0.2) is 14.4 Å². The van der Waals surface area contributed by atoms with Gasteiger partial charge in [-0.15, -0.1) is 0 Å². The van der Waals surface area contributed by atoms with Crippen LogP contribution in [0.25, 0.3) is 0 Å². The second-order valence-corrected chi connectivity index (χ2v) is 8.61. The number of hydrogen-bond donors (Lipinski definition) is 3. The average molecular weight is 465 g/mol. The van der Waals surface area contributed by atoms with Crippen LogP contribution in [0.2, 0.25) is 0 Å². The number of amides is 1. The number of fused-ring (bicyclic) bond motifs is 1. The van der Waals surface area contributed by atoms with Gasteiger partial charge in [0.2, 0.25) is 5.95 Å². The number of carbonyl (C=O) groups is 1. The monoisotopic (exact) mass is 465 g/mol. The van der Waals surface area contributed by atoms with Crippen molar-refractivity contribution in [2.45, 2.75) is 38.2 Å². The summed E-state index contributed by atoms with van der Waals surface area (Å²) in [5.74, 6) is 0.510. The summed E-state index contributed by atoms with van der Waals surface area (Å²) < 4.78 is 25.5. The van der Waals surface area contributed by atoms with E-state index >= 15 is 0 Å². The summed E-state index contributed by atoms with van der Waals surface area (Å²) in [5.41, 5.74) is 0.706. The zero-order chi connectivity index (χ0) is 23.7. The molecule has 1 amide bonds. The molecule has 1 saturated heterocycles. The zero-order valence-electron chi connectivity index (χ0n) is 18.8. The smallest absolute Gasteiger partial charge is 0.269 e. The number of hydrogen-bond acceptors (Lipinski definition) is 9. The number of halogens is 1. The van der Waals surface area contributed by atoms with Crippen molar-refractivity contribution >= 4 is 35.0 Å². The summed E-state index contributed by atoms with van der Waals surface area (Å²) in [4.78, 5) is 29.2. The molecule has 2 aliphatic heterocycles. The molecule has 34 heavy (non-hydrogen) atoms. The van der Waals surface area contributed by atoms with Gasteiger partial charge in [-0.3, -0.25) is 9.78 Å². The predicted molar refractivity (Wildman–Crippen MR) is 123 cm³/mol. The van der Waals surface area contributed by atoms with Crippen LogP contribution >= 0.6 is 0 Å². The fourth-order valence-corrected chi connectivity index (χ4v) is 3.75. The van der Waals surface area contributed by atoms with E-state index in [9.17, 15) is 9.18 Å². The minimum Gasteiger partial charge on any atom is -0.474 e. The van der Waals surface area contributed by atoms with Crippen molar-refractivity contribution in [3.63, 3.8) is 0 Å². The van der Waals surface area contributed by atoms with E-state index in [0.717, 1.165) is 37.9 Å². The van der Waals surface area contributed by atoms with Gasteiger partial charge in [0.05, 0.1) is 18.1 Å². The average Bonchev–Trinajstić information content (AvgIpc) is 2.83. The molecule has 0 aromatic carbocycles. The minimum atomic E-state index is -0.999. The van der Waals surface area contributed by atoms with Gasteiger partial charge >= 0.3 is 0 Å². The maximum atomic E-state index is 14.4. The van der Waals surface area contributed by atoms with Crippen LogP contribution in [0.5, 0.6) is 5.75 Å². The van der Waals surface area contributed by atoms with E-state index < -0.39 is 11.4 Å². The summed E-state index contributed by atoms with van der Waals surface area (Å²) in [6.07, 6.45) is 4.69. The van der Waals surface area contributed by atoms with Crippen LogP contribution in [-0.2, 0) is 9.53 Å². The van der Waals surface area contributed by atoms with E-state index in [0.29, 0.717) is 17.4 Å². The number of carbonyl (C=O) groups excluding carboxylic acids is 1. The number of rotatable bonds is 5. The van der Waals surface area contributed by atoms with Gasteiger partial charge in [-0.05, 0) is 51.0 Å². The van der Waals surface area contributed by atoms with E-state index in [1.807, 2.05) is 12.1 Å². The van der Waals surface area contributed by atoms with E-state index in [-0.39, 0.29) is 29.3 Å². The maximum Gasteiger partial charge on any atom is 0.269 e. The van der Waals surface area contributed by atoms with Crippen molar-refractivity contribution in [1.29, 1.82) is 0 Å². The molecule has 0 bridgehead atoms. The minimum absolute atomic E-state index is 0.0693. The molecule has 176 valence electrons. The number of pyridine rings is 2. The molecule has 2 aliphatic rings. The third-order valence-corrected chi connectivity index (χ3v) is 5.67. The van der Waals surface area contributed by atoms with Crippen LogP contribution < -0.4 is 20.7 Å². The van der Waals surface area contributed by atoms with Crippen molar-refractivity contribution in [2.75, 3.05) is 29.2 Å². The van der Waals surface area contributed by atoms with Crippen molar-refractivity contribution < 1.29 is 18.7 Å². The molecule has 0 radical (unpaired) electrons. The lowest BCUT2D eigenvalue weighted by atomic mass is 9.96. The molecular formula is C23H24FN7O3. The first-order valence-electron chi connectivity index (χ1n) is 11.0. The summed E-state index contributed by atoms with van der Waals surface area (Å²) in [5, 5.41) is 8.56.